The lowest BCUT2D eigenvalue weighted by molar-refractivity contribution is -0.439. The van der Waals surface area contributed by atoms with Gasteiger partial charge in [0.1, 0.15) is 16.7 Å². The average Bonchev–Trinajstić information content (AvgIpc) is 3.26. The standard InChI is InChI=1S/C53H68N2O3S/c1-3-5-7-9-11-13-15-17-27-43-54(47-29-21-19-22-30-47)49-39-35-45(36-40-49)53(51-33-25-26-34-52(51)59(56,57)58)46-37-41-50(42-38-46)55(48-31-23-20-24-32-48)44-28-18-16-14-12-10-8-6-4-2/h19-26,29-42H,3-18,27-28,43-44H2,1-2H3. The van der Waals surface area contributed by atoms with E-state index in [1.165, 1.54) is 109 Å². The molecule has 0 spiro atoms. The molecule has 5 rings (SSSR count). The largest absolute Gasteiger partial charge is 0.744 e. The molecule has 0 amide bonds. The van der Waals surface area contributed by atoms with Crippen LogP contribution in [0.25, 0.3) is 5.57 Å². The Morgan fingerprint density at radius 2 is 1.00 bits per heavy atom. The summed E-state index contributed by atoms with van der Waals surface area (Å²) in [4.78, 5) is 2.16. The van der Waals surface area contributed by atoms with Gasteiger partial charge in [-0.1, -0.05) is 177 Å². The number of hydrogen-bond donors (Lipinski definition) is 0. The minimum atomic E-state index is -4.74. The zero-order chi connectivity index (χ0) is 41.5. The first-order valence-corrected chi connectivity index (χ1v) is 24.1. The molecule has 4 aromatic carbocycles. The molecule has 0 unspecified atom stereocenters. The molecule has 5 nitrogen and oxygen atoms in total. The Kier molecular flexibility index (Phi) is 19.4. The second-order valence-electron chi connectivity index (χ2n) is 16.1. The molecule has 0 bridgehead atoms. The van der Waals surface area contributed by atoms with Crippen LogP contribution in [0.2, 0.25) is 0 Å². The molecule has 0 atom stereocenters. The highest BCUT2D eigenvalue weighted by Crippen LogP contribution is 2.36. The summed E-state index contributed by atoms with van der Waals surface area (Å²) in [6, 6.07) is 36.0. The molecule has 0 N–H and O–H groups in total. The van der Waals surface area contributed by atoms with Crippen molar-refractivity contribution < 1.29 is 17.5 Å². The molecule has 59 heavy (non-hydrogen) atoms. The van der Waals surface area contributed by atoms with Crippen LogP contribution in [-0.2, 0) is 10.1 Å². The van der Waals surface area contributed by atoms with Gasteiger partial charge in [0.2, 0.25) is 11.4 Å². The lowest BCUT2D eigenvalue weighted by Gasteiger charge is -2.26. The Balaban J connectivity index is 1.41. The number of hydrogen-bond acceptors (Lipinski definition) is 4. The maximum Gasteiger partial charge on any atom is 0.205 e. The highest BCUT2D eigenvalue weighted by Gasteiger charge is 2.21. The summed E-state index contributed by atoms with van der Waals surface area (Å²) in [7, 11) is -4.74. The van der Waals surface area contributed by atoms with Gasteiger partial charge in [0.15, 0.2) is 0 Å². The maximum atomic E-state index is 12.7. The third-order valence-corrected chi connectivity index (χ3v) is 12.4. The predicted molar refractivity (Wildman–Crippen MR) is 249 cm³/mol. The molecule has 0 heterocycles. The molecular weight excluding hydrogens is 745 g/mol. The highest BCUT2D eigenvalue weighted by atomic mass is 32.2. The smallest absolute Gasteiger partial charge is 0.205 e. The van der Waals surface area contributed by atoms with E-state index in [9.17, 15) is 13.0 Å². The van der Waals surface area contributed by atoms with Crippen molar-refractivity contribution in [1.82, 2.24) is 0 Å². The van der Waals surface area contributed by atoms with Crippen molar-refractivity contribution in [2.45, 2.75) is 134 Å². The van der Waals surface area contributed by atoms with E-state index in [0.717, 1.165) is 59.8 Å². The fraction of sp³-hybridized carbons (Fsp3) is 0.415. The van der Waals surface area contributed by atoms with E-state index < -0.39 is 10.1 Å². The second-order valence-corrected chi connectivity index (χ2v) is 17.4. The van der Waals surface area contributed by atoms with Gasteiger partial charge < -0.3 is 9.45 Å². The van der Waals surface area contributed by atoms with Crippen LogP contribution >= 0.6 is 0 Å². The predicted octanol–water partition coefficient (Wildman–Crippen LogP) is 14.5. The summed E-state index contributed by atoms with van der Waals surface area (Å²) in [6.07, 6.45) is 31.4. The summed E-state index contributed by atoms with van der Waals surface area (Å²) in [5.74, 6) is 0. The normalized spacial score (nSPS) is 12.6. The molecule has 1 aliphatic rings. The van der Waals surface area contributed by atoms with Crippen LogP contribution in [0, 0.1) is 0 Å². The van der Waals surface area contributed by atoms with Crippen LogP contribution in [0.3, 0.4) is 0 Å². The van der Waals surface area contributed by atoms with Crippen molar-refractivity contribution in [2.75, 3.05) is 18.0 Å². The molecule has 0 fully saturated rings. The number of para-hydroxylation sites is 2. The van der Waals surface area contributed by atoms with Gasteiger partial charge in [0, 0.05) is 54.2 Å². The van der Waals surface area contributed by atoms with E-state index in [1.807, 2.05) is 12.1 Å². The molecule has 0 radical (unpaired) electrons. The molecule has 314 valence electrons. The van der Waals surface area contributed by atoms with Gasteiger partial charge in [0.05, 0.1) is 4.90 Å². The van der Waals surface area contributed by atoms with Crippen molar-refractivity contribution >= 4 is 38.5 Å². The van der Waals surface area contributed by atoms with E-state index in [4.69, 9.17) is 0 Å². The van der Waals surface area contributed by atoms with E-state index in [1.54, 1.807) is 18.2 Å². The van der Waals surface area contributed by atoms with Crippen molar-refractivity contribution in [1.29, 1.82) is 0 Å². The second kappa shape index (κ2) is 25.2. The first-order valence-electron chi connectivity index (χ1n) is 22.7. The average molecular weight is 813 g/mol. The molecule has 0 saturated heterocycles. The molecule has 1 aliphatic carbocycles. The number of rotatable bonds is 26. The van der Waals surface area contributed by atoms with Gasteiger partial charge in [0.25, 0.3) is 0 Å². The fourth-order valence-corrected chi connectivity index (χ4v) is 8.86. The van der Waals surface area contributed by atoms with E-state index in [2.05, 4.69) is 120 Å². The van der Waals surface area contributed by atoms with Crippen molar-refractivity contribution in [3.8, 4) is 0 Å². The minimum Gasteiger partial charge on any atom is -0.744 e. The third kappa shape index (κ3) is 14.6. The van der Waals surface area contributed by atoms with Crippen molar-refractivity contribution in [3.05, 3.63) is 150 Å². The fourth-order valence-electron chi connectivity index (χ4n) is 8.18. The van der Waals surface area contributed by atoms with Gasteiger partial charge >= 0.3 is 0 Å². The SMILES string of the molecule is CCCCCCCCCCCN(c1ccccc1)c1ccc(C(=C2C=CC(=[N+](CCCCCCCCCCC)c3ccccc3)C=C2)c2ccccc2S(=O)(=O)[O-])cc1. The molecule has 4 aromatic rings. The van der Waals surface area contributed by atoms with Gasteiger partial charge in [-0.2, -0.15) is 4.58 Å². The number of allylic oxidation sites excluding steroid dienone is 5. The van der Waals surface area contributed by atoms with Crippen LogP contribution in [0.15, 0.2) is 144 Å². The monoisotopic (exact) mass is 812 g/mol. The summed E-state index contributed by atoms with van der Waals surface area (Å²) < 4.78 is 40.4. The maximum absolute atomic E-state index is 12.7. The molecule has 0 saturated carbocycles. The zero-order valence-corrected chi connectivity index (χ0v) is 36.7. The highest BCUT2D eigenvalue weighted by molar-refractivity contribution is 7.85. The Bertz CT molecular complexity index is 2050. The van der Waals surface area contributed by atoms with Crippen LogP contribution < -0.4 is 4.90 Å². The van der Waals surface area contributed by atoms with Crippen LogP contribution in [0.5, 0.6) is 0 Å². The first kappa shape index (κ1) is 45.6. The number of anilines is 2. The summed E-state index contributed by atoms with van der Waals surface area (Å²) in [6.45, 7) is 6.35. The van der Waals surface area contributed by atoms with Gasteiger partial charge in [-0.15, -0.1) is 0 Å². The van der Waals surface area contributed by atoms with E-state index in [0.29, 0.717) is 11.1 Å². The molecule has 6 heteroatoms. The third-order valence-electron chi connectivity index (χ3n) is 11.5. The lowest BCUT2D eigenvalue weighted by atomic mass is 9.90. The summed E-state index contributed by atoms with van der Waals surface area (Å²) in [5, 5.41) is 0. The van der Waals surface area contributed by atoms with Gasteiger partial charge in [-0.25, -0.2) is 8.42 Å². The zero-order valence-electron chi connectivity index (χ0n) is 35.9. The molecule has 0 aromatic heterocycles. The number of benzene rings is 4. The van der Waals surface area contributed by atoms with E-state index >= 15 is 0 Å². The molecule has 0 aliphatic heterocycles. The Hall–Kier alpha value is -4.52. The Labute approximate surface area is 357 Å². The molecular formula is C53H68N2O3S. The topological polar surface area (TPSA) is 63.5 Å². The van der Waals surface area contributed by atoms with Crippen molar-refractivity contribution in [3.63, 3.8) is 0 Å². The van der Waals surface area contributed by atoms with Crippen LogP contribution in [0.4, 0.5) is 17.1 Å². The van der Waals surface area contributed by atoms with Crippen LogP contribution in [-0.4, -0.2) is 36.3 Å². The van der Waals surface area contributed by atoms with Gasteiger partial charge in [-0.3, -0.25) is 0 Å². The van der Waals surface area contributed by atoms with Crippen molar-refractivity contribution in [2.24, 2.45) is 0 Å². The minimum absolute atomic E-state index is 0.212. The number of unbranched alkanes of at least 4 members (excludes halogenated alkanes) is 16. The summed E-state index contributed by atoms with van der Waals surface area (Å²) >= 11 is 0. The lowest BCUT2D eigenvalue weighted by Crippen LogP contribution is -2.18. The number of nitrogens with zero attached hydrogens (tertiary/aromatic N) is 2. The van der Waals surface area contributed by atoms with Crippen LogP contribution in [0.1, 0.15) is 141 Å². The van der Waals surface area contributed by atoms with Gasteiger partial charge in [-0.05, 0) is 72.0 Å². The Morgan fingerprint density at radius 3 is 1.56 bits per heavy atom. The quantitative estimate of drug-likeness (QED) is 0.0360. The summed E-state index contributed by atoms with van der Waals surface area (Å²) in [5.41, 5.74) is 7.27. The van der Waals surface area contributed by atoms with E-state index in [-0.39, 0.29) is 4.90 Å². The Morgan fingerprint density at radius 1 is 0.525 bits per heavy atom. The first-order chi connectivity index (χ1) is 28.9.